The van der Waals surface area contributed by atoms with Gasteiger partial charge in [0.05, 0.1) is 25.3 Å². The van der Waals surface area contributed by atoms with Gasteiger partial charge in [0.25, 0.3) is 5.91 Å². The molecule has 4 aromatic rings. The molecule has 0 atom stereocenters. The average Bonchev–Trinajstić information content (AvgIpc) is 2.96. The van der Waals surface area contributed by atoms with Crippen molar-refractivity contribution in [2.75, 3.05) is 24.9 Å². The fourth-order valence-electron chi connectivity index (χ4n) is 4.06. The number of carbonyl (C=O) groups excluding carboxylic acids is 3. The zero-order valence-electron chi connectivity index (χ0n) is 20.4. The van der Waals surface area contributed by atoms with Crippen LogP contribution in [0.4, 0.5) is 11.4 Å². The van der Waals surface area contributed by atoms with Crippen LogP contribution in [0.25, 0.3) is 0 Å². The van der Waals surface area contributed by atoms with Crippen molar-refractivity contribution in [1.82, 2.24) is 0 Å². The van der Waals surface area contributed by atoms with E-state index in [-0.39, 0.29) is 5.91 Å². The molecule has 0 unspecified atom stereocenters. The van der Waals surface area contributed by atoms with Crippen LogP contribution in [0.15, 0.2) is 109 Å². The Bertz CT molecular complexity index is 1330. The molecule has 0 heterocycles. The predicted octanol–water partition coefficient (Wildman–Crippen LogP) is 5.25. The van der Waals surface area contributed by atoms with Crippen molar-refractivity contribution in [1.29, 1.82) is 0 Å². The van der Waals surface area contributed by atoms with Crippen molar-refractivity contribution in [3.05, 3.63) is 131 Å². The molecule has 0 aliphatic heterocycles. The van der Waals surface area contributed by atoms with E-state index < -0.39 is 17.5 Å². The molecule has 4 aromatic carbocycles. The second kappa shape index (κ2) is 11.2. The van der Waals surface area contributed by atoms with Crippen molar-refractivity contribution in [2.24, 2.45) is 0 Å². The molecule has 0 saturated carbocycles. The minimum absolute atomic E-state index is 0.340. The first kappa shape index (κ1) is 25.2. The zero-order valence-corrected chi connectivity index (χ0v) is 20.4. The number of ether oxygens (including phenoxy) is 2. The summed E-state index contributed by atoms with van der Waals surface area (Å²) in [6.45, 7) is 0. The molecule has 0 aromatic heterocycles. The lowest BCUT2D eigenvalue weighted by atomic mass is 9.81. The van der Waals surface area contributed by atoms with Gasteiger partial charge in [-0.05, 0) is 59.7 Å². The molecule has 186 valence electrons. The number of carbonyl (C=O) groups is 3. The molecule has 37 heavy (non-hydrogen) atoms. The van der Waals surface area contributed by atoms with E-state index in [1.54, 1.807) is 48.5 Å². The molecule has 7 heteroatoms. The van der Waals surface area contributed by atoms with Crippen LogP contribution >= 0.6 is 0 Å². The van der Waals surface area contributed by atoms with E-state index in [2.05, 4.69) is 10.6 Å². The lowest BCUT2D eigenvalue weighted by Crippen LogP contribution is -2.48. The van der Waals surface area contributed by atoms with Crippen LogP contribution in [-0.4, -0.2) is 32.1 Å². The molecule has 4 rings (SSSR count). The third-order valence-electron chi connectivity index (χ3n) is 5.96. The maximum atomic E-state index is 14.2. The first-order valence-corrected chi connectivity index (χ1v) is 11.6. The average molecular weight is 495 g/mol. The van der Waals surface area contributed by atoms with E-state index in [1.165, 1.54) is 14.2 Å². The highest BCUT2D eigenvalue weighted by Gasteiger charge is 2.42. The lowest BCUT2D eigenvalue weighted by Gasteiger charge is -2.35. The third-order valence-corrected chi connectivity index (χ3v) is 5.96. The number of methoxy groups -OCH3 is 2. The molecule has 0 radical (unpaired) electrons. The summed E-state index contributed by atoms with van der Waals surface area (Å²) in [5, 5.41) is 6.43. The number of amides is 1. The summed E-state index contributed by atoms with van der Waals surface area (Å²) in [6, 6.07) is 32.0. The molecule has 1 amide bonds. The predicted molar refractivity (Wildman–Crippen MR) is 141 cm³/mol. The molecule has 0 saturated heterocycles. The lowest BCUT2D eigenvalue weighted by molar-refractivity contribution is -0.119. The topological polar surface area (TPSA) is 93.7 Å². The van der Waals surface area contributed by atoms with E-state index in [1.807, 2.05) is 60.7 Å². The largest absolute Gasteiger partial charge is 0.465 e. The van der Waals surface area contributed by atoms with Gasteiger partial charge < -0.3 is 20.1 Å². The van der Waals surface area contributed by atoms with E-state index in [0.717, 1.165) is 0 Å². The SMILES string of the molecule is COC(=O)c1ccc(NC(=O)C(Nc2ccc(C(=O)OC)cc2)(c2ccccc2)c2ccccc2)cc1. The first-order valence-electron chi connectivity index (χ1n) is 11.6. The maximum absolute atomic E-state index is 14.2. The maximum Gasteiger partial charge on any atom is 0.337 e. The quantitative estimate of drug-likeness (QED) is 0.325. The third kappa shape index (κ3) is 5.36. The van der Waals surface area contributed by atoms with E-state index >= 15 is 0 Å². The Balaban J connectivity index is 1.79. The van der Waals surface area contributed by atoms with Crippen molar-refractivity contribution in [3.8, 4) is 0 Å². The Morgan fingerprint density at radius 1 is 0.568 bits per heavy atom. The Kier molecular flexibility index (Phi) is 7.64. The number of nitrogens with one attached hydrogen (secondary N) is 2. The summed E-state index contributed by atoms with van der Waals surface area (Å²) in [6.07, 6.45) is 0. The minimum Gasteiger partial charge on any atom is -0.465 e. The Morgan fingerprint density at radius 2 is 0.973 bits per heavy atom. The standard InChI is InChI=1S/C30H26N2O5/c1-36-27(33)21-13-17-25(18-14-21)31-29(35)30(23-9-5-3-6-10-23,24-11-7-4-8-12-24)32-26-19-15-22(16-20-26)28(34)37-2/h3-20,32H,1-2H3,(H,31,35). The molecule has 0 bridgehead atoms. The van der Waals surface area contributed by atoms with Crippen LogP contribution < -0.4 is 10.6 Å². The second-order valence-corrected chi connectivity index (χ2v) is 8.20. The number of anilines is 2. The van der Waals surface area contributed by atoms with Gasteiger partial charge in [-0.2, -0.15) is 0 Å². The van der Waals surface area contributed by atoms with E-state index in [9.17, 15) is 14.4 Å². The number of benzene rings is 4. The molecular formula is C30H26N2O5. The summed E-state index contributed by atoms with van der Waals surface area (Å²) >= 11 is 0. The first-order chi connectivity index (χ1) is 18.0. The van der Waals surface area contributed by atoms with Gasteiger partial charge in [-0.1, -0.05) is 60.7 Å². The van der Waals surface area contributed by atoms with Gasteiger partial charge in [0.15, 0.2) is 5.54 Å². The van der Waals surface area contributed by atoms with E-state index in [4.69, 9.17) is 9.47 Å². The summed E-state index contributed by atoms with van der Waals surface area (Å²) in [5.74, 6) is -1.25. The molecule has 0 fully saturated rings. The molecule has 2 N–H and O–H groups in total. The van der Waals surface area contributed by atoms with Crippen LogP contribution in [0.5, 0.6) is 0 Å². The summed E-state index contributed by atoms with van der Waals surface area (Å²) in [4.78, 5) is 37.9. The van der Waals surface area contributed by atoms with Crippen molar-refractivity contribution in [3.63, 3.8) is 0 Å². The second-order valence-electron chi connectivity index (χ2n) is 8.20. The monoisotopic (exact) mass is 494 g/mol. The summed E-state index contributed by atoms with van der Waals surface area (Å²) in [7, 11) is 2.64. The highest BCUT2D eigenvalue weighted by Crippen LogP contribution is 2.35. The van der Waals surface area contributed by atoms with Crippen molar-refractivity contribution >= 4 is 29.2 Å². The molecule has 7 nitrogen and oxygen atoms in total. The van der Waals surface area contributed by atoms with Crippen LogP contribution in [0.1, 0.15) is 31.8 Å². The van der Waals surface area contributed by atoms with Gasteiger partial charge >= 0.3 is 11.9 Å². The smallest absolute Gasteiger partial charge is 0.337 e. The highest BCUT2D eigenvalue weighted by atomic mass is 16.5. The molecule has 0 spiro atoms. The van der Waals surface area contributed by atoms with Crippen LogP contribution in [0.3, 0.4) is 0 Å². The molecule has 0 aliphatic carbocycles. The van der Waals surface area contributed by atoms with E-state index in [0.29, 0.717) is 33.6 Å². The van der Waals surface area contributed by atoms with Gasteiger partial charge in [-0.25, -0.2) is 9.59 Å². The minimum atomic E-state index is -1.34. The van der Waals surface area contributed by atoms with Crippen LogP contribution in [0.2, 0.25) is 0 Å². The van der Waals surface area contributed by atoms with Crippen LogP contribution in [0, 0.1) is 0 Å². The normalized spacial score (nSPS) is 10.8. The number of hydrogen-bond acceptors (Lipinski definition) is 6. The van der Waals surface area contributed by atoms with Gasteiger partial charge in [0.1, 0.15) is 0 Å². The highest BCUT2D eigenvalue weighted by molar-refractivity contribution is 6.04. The zero-order chi connectivity index (χ0) is 26.3. The fraction of sp³-hybridized carbons (Fsp3) is 0.100. The van der Waals surface area contributed by atoms with Gasteiger partial charge in [-0.3, -0.25) is 4.79 Å². The number of hydrogen-bond donors (Lipinski definition) is 2. The van der Waals surface area contributed by atoms with Gasteiger partial charge in [0, 0.05) is 11.4 Å². The number of esters is 2. The summed E-state index contributed by atoms with van der Waals surface area (Å²) < 4.78 is 9.56. The Hall–Kier alpha value is -4.91. The van der Waals surface area contributed by atoms with Crippen molar-refractivity contribution < 1.29 is 23.9 Å². The Labute approximate surface area is 215 Å². The summed E-state index contributed by atoms with van der Waals surface area (Å²) in [5.41, 5.74) is 1.99. The fourth-order valence-corrected chi connectivity index (χ4v) is 4.06. The molecule has 0 aliphatic rings. The van der Waals surface area contributed by atoms with Crippen LogP contribution in [-0.2, 0) is 19.8 Å². The molecular weight excluding hydrogens is 468 g/mol. The van der Waals surface area contributed by atoms with Gasteiger partial charge in [0.2, 0.25) is 0 Å². The number of rotatable bonds is 8. The van der Waals surface area contributed by atoms with Gasteiger partial charge in [-0.15, -0.1) is 0 Å². The Morgan fingerprint density at radius 3 is 1.38 bits per heavy atom. The van der Waals surface area contributed by atoms with Crippen molar-refractivity contribution in [2.45, 2.75) is 5.54 Å².